The molecule has 0 spiro atoms. The van der Waals surface area contributed by atoms with E-state index in [9.17, 15) is 0 Å². The molecule has 5 heteroatoms. The minimum absolute atomic E-state index is 0.397. The molecule has 0 aliphatic heterocycles. The summed E-state index contributed by atoms with van der Waals surface area (Å²) in [6, 6.07) is 1.96. The van der Waals surface area contributed by atoms with Gasteiger partial charge in [-0.05, 0) is 32.4 Å². The van der Waals surface area contributed by atoms with Crippen molar-refractivity contribution in [1.82, 2.24) is 9.78 Å². The van der Waals surface area contributed by atoms with Crippen molar-refractivity contribution >= 4 is 0 Å². The number of hydrogen-bond donors (Lipinski definition) is 1. The van der Waals surface area contributed by atoms with Gasteiger partial charge in [-0.3, -0.25) is 4.68 Å². The molecule has 0 amide bonds. The van der Waals surface area contributed by atoms with Crippen molar-refractivity contribution in [2.75, 3.05) is 0 Å². The van der Waals surface area contributed by atoms with Crippen LogP contribution in [0.25, 0.3) is 0 Å². The summed E-state index contributed by atoms with van der Waals surface area (Å²) in [4.78, 5) is 0. The largest absolute Gasteiger partial charge is 0.482 e. The zero-order valence-corrected chi connectivity index (χ0v) is 11.3. The molecular weight excluding hydrogens is 230 g/mol. The van der Waals surface area contributed by atoms with Crippen LogP contribution < -0.4 is 10.5 Å². The third-order valence-electron chi connectivity index (χ3n) is 3.06. The molecule has 0 unspecified atom stereocenters. The molecule has 0 saturated heterocycles. The number of rotatable bonds is 4. The van der Waals surface area contributed by atoms with E-state index in [1.54, 1.807) is 0 Å². The van der Waals surface area contributed by atoms with Crippen molar-refractivity contribution in [2.45, 2.75) is 33.9 Å². The van der Waals surface area contributed by atoms with Crippen LogP contribution in [0.5, 0.6) is 5.75 Å². The highest BCUT2D eigenvalue weighted by Gasteiger charge is 2.12. The normalized spacial score (nSPS) is 10.9. The fraction of sp³-hybridized carbons (Fsp3) is 0.462. The maximum Gasteiger partial charge on any atom is 0.163 e. The highest BCUT2D eigenvalue weighted by molar-refractivity contribution is 5.32. The molecule has 0 aliphatic rings. The minimum atomic E-state index is 0.397. The van der Waals surface area contributed by atoms with Crippen molar-refractivity contribution < 1.29 is 9.15 Å². The van der Waals surface area contributed by atoms with Crippen LogP contribution in [0.4, 0.5) is 0 Å². The lowest BCUT2D eigenvalue weighted by molar-refractivity contribution is 0.263. The number of nitrogens with zero attached hydrogens (tertiary/aromatic N) is 2. The van der Waals surface area contributed by atoms with Crippen molar-refractivity contribution in [1.29, 1.82) is 0 Å². The molecule has 0 saturated carbocycles. The number of aromatic nitrogens is 2. The molecule has 0 fully saturated rings. The fourth-order valence-electron chi connectivity index (χ4n) is 1.97. The standard InChI is InChI=1S/C13H19N3O2/c1-8-5-11(18-12(8)6-14)7-17-13-9(2)15-16(4)10(13)3/h5H,6-7,14H2,1-4H3. The van der Waals surface area contributed by atoms with Crippen LogP contribution in [0.2, 0.25) is 0 Å². The highest BCUT2D eigenvalue weighted by atomic mass is 16.5. The summed E-state index contributed by atoms with van der Waals surface area (Å²) in [5.74, 6) is 2.42. The number of hydrogen-bond acceptors (Lipinski definition) is 4. The lowest BCUT2D eigenvalue weighted by atomic mass is 10.2. The monoisotopic (exact) mass is 249 g/mol. The fourth-order valence-corrected chi connectivity index (χ4v) is 1.97. The molecule has 0 radical (unpaired) electrons. The molecule has 2 rings (SSSR count). The van der Waals surface area contributed by atoms with Gasteiger partial charge in [-0.15, -0.1) is 0 Å². The third kappa shape index (κ3) is 2.26. The first-order valence-corrected chi connectivity index (χ1v) is 5.94. The summed E-state index contributed by atoms with van der Waals surface area (Å²) in [6.07, 6.45) is 0. The van der Waals surface area contributed by atoms with E-state index >= 15 is 0 Å². The van der Waals surface area contributed by atoms with Gasteiger partial charge in [0.05, 0.1) is 12.2 Å². The van der Waals surface area contributed by atoms with Gasteiger partial charge in [-0.2, -0.15) is 5.10 Å². The van der Waals surface area contributed by atoms with E-state index in [4.69, 9.17) is 14.9 Å². The van der Waals surface area contributed by atoms with Gasteiger partial charge in [0.25, 0.3) is 0 Å². The summed E-state index contributed by atoms with van der Waals surface area (Å²) in [5.41, 5.74) is 8.54. The third-order valence-corrected chi connectivity index (χ3v) is 3.06. The molecule has 0 atom stereocenters. The van der Waals surface area contributed by atoms with Gasteiger partial charge in [0.2, 0.25) is 0 Å². The Hall–Kier alpha value is -1.75. The Balaban J connectivity index is 2.11. The molecule has 0 bridgehead atoms. The summed E-state index contributed by atoms with van der Waals surface area (Å²) < 4.78 is 13.2. The smallest absolute Gasteiger partial charge is 0.163 e. The van der Waals surface area contributed by atoms with Crippen LogP contribution >= 0.6 is 0 Å². The maximum atomic E-state index is 5.77. The van der Waals surface area contributed by atoms with Gasteiger partial charge in [-0.25, -0.2) is 0 Å². The van der Waals surface area contributed by atoms with Crippen molar-refractivity contribution in [2.24, 2.45) is 12.8 Å². The second-order valence-corrected chi connectivity index (χ2v) is 4.44. The summed E-state index contributed by atoms with van der Waals surface area (Å²) in [6.45, 7) is 6.70. The first-order chi connectivity index (χ1) is 8.52. The van der Waals surface area contributed by atoms with E-state index in [1.165, 1.54) is 0 Å². The molecule has 2 aromatic heterocycles. The topological polar surface area (TPSA) is 66.2 Å². The van der Waals surface area contributed by atoms with Crippen LogP contribution in [0, 0.1) is 20.8 Å². The zero-order valence-electron chi connectivity index (χ0n) is 11.3. The summed E-state index contributed by atoms with van der Waals surface area (Å²) in [5, 5.41) is 4.30. The van der Waals surface area contributed by atoms with E-state index in [-0.39, 0.29) is 0 Å². The lowest BCUT2D eigenvalue weighted by Crippen LogP contribution is -1.97. The van der Waals surface area contributed by atoms with Gasteiger partial charge in [0.1, 0.15) is 23.8 Å². The van der Waals surface area contributed by atoms with Gasteiger partial charge in [0.15, 0.2) is 5.75 Å². The molecule has 2 N–H and O–H groups in total. The Morgan fingerprint density at radius 3 is 2.61 bits per heavy atom. The van der Waals surface area contributed by atoms with Gasteiger partial charge < -0.3 is 14.9 Å². The van der Waals surface area contributed by atoms with E-state index in [0.717, 1.165) is 34.2 Å². The second-order valence-electron chi connectivity index (χ2n) is 4.44. The van der Waals surface area contributed by atoms with Crippen molar-refractivity contribution in [3.8, 4) is 5.75 Å². The first kappa shape index (κ1) is 12.7. The van der Waals surface area contributed by atoms with Gasteiger partial charge in [0, 0.05) is 7.05 Å². The molecule has 0 aliphatic carbocycles. The average Bonchev–Trinajstić information content (AvgIpc) is 2.79. The Labute approximate surface area is 107 Å². The Morgan fingerprint density at radius 2 is 2.11 bits per heavy atom. The molecule has 0 aromatic carbocycles. The average molecular weight is 249 g/mol. The number of nitrogens with two attached hydrogens (primary N) is 1. The quantitative estimate of drug-likeness (QED) is 0.899. The van der Waals surface area contributed by atoms with Crippen LogP contribution in [-0.2, 0) is 20.2 Å². The predicted octanol–water partition coefficient (Wildman–Crippen LogP) is 1.98. The number of ether oxygens (including phenoxy) is 1. The molecule has 18 heavy (non-hydrogen) atoms. The Bertz CT molecular complexity index is 555. The molecule has 2 aromatic rings. The van der Waals surface area contributed by atoms with Crippen molar-refractivity contribution in [3.05, 3.63) is 34.5 Å². The summed E-state index contributed by atoms with van der Waals surface area (Å²) >= 11 is 0. The van der Waals surface area contributed by atoms with Crippen LogP contribution in [-0.4, -0.2) is 9.78 Å². The maximum absolute atomic E-state index is 5.77. The lowest BCUT2D eigenvalue weighted by Gasteiger charge is -2.04. The second kappa shape index (κ2) is 4.86. The zero-order chi connectivity index (χ0) is 13.3. The van der Waals surface area contributed by atoms with Crippen molar-refractivity contribution in [3.63, 3.8) is 0 Å². The van der Waals surface area contributed by atoms with Crippen LogP contribution in [0.15, 0.2) is 10.5 Å². The van der Waals surface area contributed by atoms with E-state index < -0.39 is 0 Å². The van der Waals surface area contributed by atoms with E-state index in [2.05, 4.69) is 5.10 Å². The first-order valence-electron chi connectivity index (χ1n) is 5.94. The highest BCUT2D eigenvalue weighted by Crippen LogP contribution is 2.23. The van der Waals surface area contributed by atoms with Gasteiger partial charge >= 0.3 is 0 Å². The van der Waals surface area contributed by atoms with Gasteiger partial charge in [-0.1, -0.05) is 0 Å². The van der Waals surface area contributed by atoms with Crippen LogP contribution in [0.1, 0.15) is 28.5 Å². The molecule has 5 nitrogen and oxygen atoms in total. The van der Waals surface area contributed by atoms with Crippen LogP contribution in [0.3, 0.4) is 0 Å². The Kier molecular flexibility index (Phi) is 3.43. The SMILES string of the molecule is Cc1cc(COc2c(C)nn(C)c2C)oc1CN. The molecule has 98 valence electrons. The number of aryl methyl sites for hydroxylation is 3. The summed E-state index contributed by atoms with van der Waals surface area (Å²) in [7, 11) is 1.90. The molecular formula is C13H19N3O2. The Morgan fingerprint density at radius 1 is 1.39 bits per heavy atom. The van der Waals surface area contributed by atoms with E-state index in [1.807, 2.05) is 38.6 Å². The van der Waals surface area contributed by atoms with E-state index in [0.29, 0.717) is 13.2 Å². The molecule has 2 heterocycles. The minimum Gasteiger partial charge on any atom is -0.482 e. The predicted molar refractivity (Wildman–Crippen MR) is 68.4 cm³/mol. The number of furan rings is 1.